The van der Waals surface area contributed by atoms with E-state index < -0.39 is 0 Å². The number of fused-ring (bicyclic) bond motifs is 1. The molecule has 0 radical (unpaired) electrons. The molecule has 6 nitrogen and oxygen atoms in total. The number of para-hydroxylation sites is 2. The molecule has 1 saturated heterocycles. The molecule has 1 fully saturated rings. The van der Waals surface area contributed by atoms with Crippen molar-refractivity contribution in [1.82, 2.24) is 14.9 Å². The van der Waals surface area contributed by atoms with Crippen LogP contribution in [0.5, 0.6) is 5.75 Å². The van der Waals surface area contributed by atoms with E-state index in [2.05, 4.69) is 54.9 Å². The molecular formula is C26H33N3O3. The van der Waals surface area contributed by atoms with Crippen molar-refractivity contribution in [3.05, 3.63) is 59.4 Å². The van der Waals surface area contributed by atoms with Gasteiger partial charge in [-0.2, -0.15) is 0 Å². The summed E-state index contributed by atoms with van der Waals surface area (Å²) in [5.41, 5.74) is 4.47. The Kier molecular flexibility index (Phi) is 7.10. The maximum Gasteiger partial charge on any atom is 0.249 e. The average Bonchev–Trinajstić information content (AvgIpc) is 3.42. The number of imidazole rings is 1. The second-order valence-electron chi connectivity index (χ2n) is 8.76. The molecule has 0 bridgehead atoms. The highest BCUT2D eigenvalue weighted by atomic mass is 16.5. The molecule has 0 aliphatic carbocycles. The number of carbonyl (C=O) groups is 1. The fourth-order valence-corrected chi connectivity index (χ4v) is 4.25. The molecule has 3 aromatic rings. The number of benzene rings is 2. The van der Waals surface area contributed by atoms with Crippen molar-refractivity contribution in [2.24, 2.45) is 0 Å². The normalized spacial score (nSPS) is 16.1. The molecule has 1 aliphatic heterocycles. The Hall–Kier alpha value is -2.86. The van der Waals surface area contributed by atoms with Crippen LogP contribution in [0.4, 0.5) is 0 Å². The Morgan fingerprint density at radius 3 is 2.91 bits per heavy atom. The summed E-state index contributed by atoms with van der Waals surface area (Å²) in [7, 11) is 0. The van der Waals surface area contributed by atoms with E-state index in [1.54, 1.807) is 0 Å². The van der Waals surface area contributed by atoms with Crippen LogP contribution in [0.2, 0.25) is 0 Å². The van der Waals surface area contributed by atoms with Crippen molar-refractivity contribution in [2.75, 3.05) is 19.8 Å². The van der Waals surface area contributed by atoms with Crippen molar-refractivity contribution >= 4 is 16.9 Å². The number of nitrogens with one attached hydrogen (secondary N) is 1. The molecule has 4 rings (SSSR count). The van der Waals surface area contributed by atoms with Gasteiger partial charge in [0.15, 0.2) is 0 Å². The highest BCUT2D eigenvalue weighted by Gasteiger charge is 2.23. The first kappa shape index (κ1) is 22.3. The maximum absolute atomic E-state index is 12.3. The number of aromatic nitrogens is 2. The molecule has 2 aromatic carbocycles. The summed E-state index contributed by atoms with van der Waals surface area (Å²) in [4.78, 5) is 17.1. The molecule has 6 heteroatoms. The van der Waals surface area contributed by atoms with E-state index in [9.17, 15) is 4.79 Å². The van der Waals surface area contributed by atoms with Crippen molar-refractivity contribution in [2.45, 2.75) is 58.6 Å². The molecule has 0 saturated carbocycles. The Labute approximate surface area is 189 Å². The van der Waals surface area contributed by atoms with Crippen LogP contribution in [-0.2, 0) is 22.5 Å². The Morgan fingerprint density at radius 1 is 1.28 bits per heavy atom. The van der Waals surface area contributed by atoms with E-state index in [1.165, 1.54) is 11.1 Å². The molecule has 2 heterocycles. The third-order valence-electron chi connectivity index (χ3n) is 5.97. The third-order valence-corrected chi connectivity index (χ3v) is 5.97. The summed E-state index contributed by atoms with van der Waals surface area (Å²) in [5.74, 6) is 2.29. The van der Waals surface area contributed by atoms with Gasteiger partial charge >= 0.3 is 0 Å². The van der Waals surface area contributed by atoms with Gasteiger partial charge in [0.05, 0.1) is 17.6 Å². The van der Waals surface area contributed by atoms with Crippen LogP contribution < -0.4 is 10.1 Å². The minimum Gasteiger partial charge on any atom is -0.491 e. The summed E-state index contributed by atoms with van der Waals surface area (Å²) in [6, 6.07) is 14.5. The van der Waals surface area contributed by atoms with Crippen molar-refractivity contribution < 1.29 is 14.3 Å². The molecule has 32 heavy (non-hydrogen) atoms. The number of hydrogen-bond acceptors (Lipinski definition) is 4. The summed E-state index contributed by atoms with van der Waals surface area (Å²) in [5, 5.41) is 3.00. The summed E-state index contributed by atoms with van der Waals surface area (Å²) >= 11 is 0. The SMILES string of the molecule is Cc1ccc(C(C)C)c(OCCn2c(CCNC(=O)C3CCCO3)nc3ccccc32)c1. The minimum atomic E-state index is -0.299. The molecule has 1 atom stereocenters. The standard InChI is InChI=1S/C26H33N3O3/c1-18(2)20-11-10-19(3)17-24(20)32-16-14-29-22-8-5-4-7-21(22)28-25(29)12-13-27-26(30)23-9-6-15-31-23/h4-5,7-8,10-11,17-18,23H,6,9,12-16H2,1-3H3,(H,27,30). The first-order chi connectivity index (χ1) is 15.5. The molecule has 1 amide bonds. The maximum atomic E-state index is 12.3. The fourth-order valence-electron chi connectivity index (χ4n) is 4.25. The topological polar surface area (TPSA) is 65.4 Å². The zero-order chi connectivity index (χ0) is 22.5. The van der Waals surface area contributed by atoms with Gasteiger partial charge in [0.25, 0.3) is 0 Å². The van der Waals surface area contributed by atoms with E-state index in [0.29, 0.717) is 38.6 Å². The number of hydrogen-bond donors (Lipinski definition) is 1. The van der Waals surface area contributed by atoms with Gasteiger partial charge in [-0.05, 0) is 55.0 Å². The summed E-state index contributed by atoms with van der Waals surface area (Å²) in [6.45, 7) is 8.92. The van der Waals surface area contributed by atoms with E-state index in [4.69, 9.17) is 14.5 Å². The van der Waals surface area contributed by atoms with E-state index in [0.717, 1.165) is 35.4 Å². The number of rotatable bonds is 9. The lowest BCUT2D eigenvalue weighted by atomic mass is 10.0. The number of carbonyl (C=O) groups excluding carboxylic acids is 1. The molecule has 0 spiro atoms. The zero-order valence-electron chi connectivity index (χ0n) is 19.3. The second kappa shape index (κ2) is 10.2. The average molecular weight is 436 g/mol. The van der Waals surface area contributed by atoms with Crippen LogP contribution in [-0.4, -0.2) is 41.3 Å². The highest BCUT2D eigenvalue weighted by Crippen LogP contribution is 2.27. The Bertz CT molecular complexity index is 1070. The van der Waals surface area contributed by atoms with E-state index in [-0.39, 0.29) is 12.0 Å². The van der Waals surface area contributed by atoms with Crippen LogP contribution >= 0.6 is 0 Å². The minimum absolute atomic E-state index is 0.0193. The van der Waals surface area contributed by atoms with E-state index >= 15 is 0 Å². The second-order valence-corrected chi connectivity index (χ2v) is 8.76. The number of nitrogens with zero attached hydrogens (tertiary/aromatic N) is 2. The predicted octanol–water partition coefficient (Wildman–Crippen LogP) is 4.38. The molecule has 1 N–H and O–H groups in total. The quantitative estimate of drug-likeness (QED) is 0.542. The van der Waals surface area contributed by atoms with Crippen LogP contribution in [0.25, 0.3) is 11.0 Å². The van der Waals surface area contributed by atoms with Gasteiger partial charge in [-0.25, -0.2) is 4.98 Å². The Balaban J connectivity index is 1.43. The molecular weight excluding hydrogens is 402 g/mol. The van der Waals surface area contributed by atoms with Gasteiger partial charge in [0.1, 0.15) is 24.3 Å². The lowest BCUT2D eigenvalue weighted by Gasteiger charge is -2.16. The zero-order valence-corrected chi connectivity index (χ0v) is 19.3. The fraction of sp³-hybridized carbons (Fsp3) is 0.462. The lowest BCUT2D eigenvalue weighted by molar-refractivity contribution is -0.130. The number of aryl methyl sites for hydroxylation is 1. The predicted molar refractivity (Wildman–Crippen MR) is 126 cm³/mol. The monoisotopic (exact) mass is 435 g/mol. The van der Waals surface area contributed by atoms with Crippen molar-refractivity contribution in [3.8, 4) is 5.75 Å². The van der Waals surface area contributed by atoms with Gasteiger partial charge in [-0.3, -0.25) is 4.79 Å². The van der Waals surface area contributed by atoms with E-state index in [1.807, 2.05) is 18.2 Å². The van der Waals surface area contributed by atoms with Crippen LogP contribution in [0, 0.1) is 6.92 Å². The van der Waals surface area contributed by atoms with Gasteiger partial charge in [-0.15, -0.1) is 0 Å². The number of ether oxygens (including phenoxy) is 2. The molecule has 1 aliphatic rings. The van der Waals surface area contributed by atoms with Crippen LogP contribution in [0.1, 0.15) is 49.6 Å². The van der Waals surface area contributed by atoms with Gasteiger partial charge in [0.2, 0.25) is 5.91 Å². The van der Waals surface area contributed by atoms with Crippen molar-refractivity contribution in [3.63, 3.8) is 0 Å². The van der Waals surface area contributed by atoms with Crippen LogP contribution in [0.3, 0.4) is 0 Å². The van der Waals surface area contributed by atoms with Crippen molar-refractivity contribution in [1.29, 1.82) is 0 Å². The van der Waals surface area contributed by atoms with Crippen LogP contribution in [0.15, 0.2) is 42.5 Å². The van der Waals surface area contributed by atoms with Gasteiger partial charge in [-0.1, -0.05) is 38.1 Å². The third kappa shape index (κ3) is 5.13. The highest BCUT2D eigenvalue weighted by molar-refractivity contribution is 5.81. The largest absolute Gasteiger partial charge is 0.491 e. The Morgan fingerprint density at radius 2 is 2.12 bits per heavy atom. The van der Waals surface area contributed by atoms with Gasteiger partial charge < -0.3 is 19.4 Å². The first-order valence-electron chi connectivity index (χ1n) is 11.6. The molecule has 170 valence electrons. The molecule has 1 aromatic heterocycles. The smallest absolute Gasteiger partial charge is 0.249 e. The number of amides is 1. The molecule has 1 unspecified atom stereocenters. The first-order valence-corrected chi connectivity index (χ1v) is 11.6. The summed E-state index contributed by atoms with van der Waals surface area (Å²) in [6.07, 6.45) is 2.12. The summed E-state index contributed by atoms with van der Waals surface area (Å²) < 4.78 is 13.9. The lowest BCUT2D eigenvalue weighted by Crippen LogP contribution is -2.35. The van der Waals surface area contributed by atoms with Gasteiger partial charge in [0, 0.05) is 19.6 Å².